The minimum atomic E-state index is -0.0351. The fraction of sp³-hybridized carbons (Fsp3) is 0.333. The first-order valence-electron chi connectivity index (χ1n) is 12.2. The average molecular weight is 556 g/mol. The van der Waals surface area contributed by atoms with Gasteiger partial charge in [-0.05, 0) is 57.3 Å². The van der Waals surface area contributed by atoms with E-state index in [0.29, 0.717) is 44.7 Å². The molecule has 0 atom stereocenters. The number of carbonyl (C=O) groups excluding carboxylic acids is 1. The van der Waals surface area contributed by atoms with E-state index in [1.807, 2.05) is 31.1 Å². The van der Waals surface area contributed by atoms with Gasteiger partial charge < -0.3 is 25.6 Å². The molecule has 11 heteroatoms. The van der Waals surface area contributed by atoms with Crippen molar-refractivity contribution in [2.45, 2.75) is 25.0 Å². The van der Waals surface area contributed by atoms with Crippen LogP contribution in [-0.4, -0.2) is 66.3 Å². The summed E-state index contributed by atoms with van der Waals surface area (Å²) in [5.41, 5.74) is 8.68. The Kier molecular flexibility index (Phi) is 8.71. The number of nitrogens with one attached hydrogen (secondary N) is 2. The molecule has 2 aliphatic rings. The lowest BCUT2D eigenvalue weighted by Crippen LogP contribution is -2.54. The Balaban J connectivity index is 0.00000107. The van der Waals surface area contributed by atoms with Gasteiger partial charge in [-0.2, -0.15) is 0 Å². The lowest BCUT2D eigenvalue weighted by atomic mass is 10.0. The highest BCUT2D eigenvalue weighted by Crippen LogP contribution is 2.44. The first-order valence-corrected chi connectivity index (χ1v) is 13.0. The summed E-state index contributed by atoms with van der Waals surface area (Å²) in [6.07, 6.45) is 7.74. The summed E-state index contributed by atoms with van der Waals surface area (Å²) < 4.78 is 5.88. The number of hydrogen-bond acceptors (Lipinski definition) is 8. The van der Waals surface area contributed by atoms with E-state index in [1.54, 1.807) is 24.4 Å². The lowest BCUT2D eigenvalue weighted by molar-refractivity contribution is -0.121. The number of halogens is 2. The number of nitrogen functional groups attached to an aromatic ring is 1. The van der Waals surface area contributed by atoms with Crippen molar-refractivity contribution in [3.63, 3.8) is 0 Å². The Bertz CT molecular complexity index is 1280. The van der Waals surface area contributed by atoms with Crippen molar-refractivity contribution in [3.05, 3.63) is 75.7 Å². The molecular formula is C27H31Cl2N7O2. The molecule has 1 saturated carbocycles. The van der Waals surface area contributed by atoms with E-state index in [0.717, 1.165) is 38.2 Å². The van der Waals surface area contributed by atoms with Gasteiger partial charge in [0, 0.05) is 60.6 Å². The van der Waals surface area contributed by atoms with Crippen LogP contribution in [0.1, 0.15) is 29.5 Å². The van der Waals surface area contributed by atoms with Crippen molar-refractivity contribution < 1.29 is 9.53 Å². The van der Waals surface area contributed by atoms with Gasteiger partial charge in [0.2, 0.25) is 6.41 Å². The van der Waals surface area contributed by atoms with E-state index in [1.165, 1.54) is 12.4 Å². The monoisotopic (exact) mass is 555 g/mol. The molecule has 1 aromatic carbocycles. The van der Waals surface area contributed by atoms with Crippen LogP contribution in [-0.2, 0) is 11.4 Å². The molecular weight excluding hydrogens is 525 g/mol. The quantitative estimate of drug-likeness (QED) is 0.229. The molecule has 2 fully saturated rings. The topological polar surface area (TPSA) is 120 Å². The molecule has 1 aliphatic heterocycles. The highest BCUT2D eigenvalue weighted by Gasteiger charge is 2.51. The van der Waals surface area contributed by atoms with Crippen LogP contribution in [0.2, 0.25) is 10.0 Å². The fourth-order valence-corrected chi connectivity index (χ4v) is 4.86. The minimum Gasteiger partial charge on any atom is -0.489 e. The summed E-state index contributed by atoms with van der Waals surface area (Å²) in [6.45, 7) is 2.38. The van der Waals surface area contributed by atoms with Crippen molar-refractivity contribution in [1.82, 2.24) is 20.2 Å². The molecule has 9 nitrogen and oxygen atoms in total. The van der Waals surface area contributed by atoms with E-state index < -0.39 is 0 Å². The van der Waals surface area contributed by atoms with Crippen LogP contribution in [0.4, 0.5) is 11.5 Å². The maximum absolute atomic E-state index is 11.3. The number of anilines is 2. The Morgan fingerprint density at radius 1 is 1.16 bits per heavy atom. The first-order chi connectivity index (χ1) is 18.3. The van der Waals surface area contributed by atoms with Crippen LogP contribution in [0, 0.1) is 5.41 Å². The van der Waals surface area contributed by atoms with Crippen LogP contribution < -0.4 is 20.7 Å². The number of benzene rings is 1. The molecule has 1 aliphatic carbocycles. The molecule has 1 saturated heterocycles. The number of nitrogens with two attached hydrogens (primary N) is 1. The zero-order valence-corrected chi connectivity index (χ0v) is 22.9. The molecule has 38 heavy (non-hydrogen) atoms. The number of piperazine rings is 1. The number of ether oxygens (including phenoxy) is 1. The Morgan fingerprint density at radius 3 is 2.47 bits per heavy atom. The maximum atomic E-state index is 11.3. The van der Waals surface area contributed by atoms with E-state index >= 15 is 0 Å². The number of amides is 1. The van der Waals surface area contributed by atoms with Crippen LogP contribution >= 0.6 is 23.2 Å². The van der Waals surface area contributed by atoms with E-state index in [2.05, 4.69) is 20.2 Å². The summed E-state index contributed by atoms with van der Waals surface area (Å²) in [5, 5.41) is 12.3. The maximum Gasteiger partial charge on any atom is 0.210 e. The lowest BCUT2D eigenvalue weighted by Gasteiger charge is -2.40. The average Bonchev–Trinajstić information content (AvgIpc) is 3.68. The van der Waals surface area contributed by atoms with Gasteiger partial charge in [-0.25, -0.2) is 4.98 Å². The number of aromatic nitrogens is 2. The summed E-state index contributed by atoms with van der Waals surface area (Å²) in [7, 11) is 3.75. The van der Waals surface area contributed by atoms with Gasteiger partial charge in [0.25, 0.3) is 0 Å². The number of pyridine rings is 2. The number of carbonyl (C=O) groups is 1. The van der Waals surface area contributed by atoms with Gasteiger partial charge in [0.15, 0.2) is 0 Å². The number of hydrogen-bond donors (Lipinski definition) is 3. The number of nitrogens with zero attached hydrogens (tertiary/aromatic N) is 4. The van der Waals surface area contributed by atoms with Crippen LogP contribution in [0.25, 0.3) is 0 Å². The summed E-state index contributed by atoms with van der Waals surface area (Å²) in [5.74, 6) is 1.38. The number of rotatable bonds is 7. The van der Waals surface area contributed by atoms with E-state index in [9.17, 15) is 4.79 Å². The van der Waals surface area contributed by atoms with E-state index in [-0.39, 0.29) is 17.9 Å². The van der Waals surface area contributed by atoms with Crippen LogP contribution in [0.15, 0.2) is 48.9 Å². The molecule has 1 spiro atoms. The second-order valence-corrected chi connectivity index (χ2v) is 10.2. The molecule has 4 N–H and O–H groups in total. The predicted molar refractivity (Wildman–Crippen MR) is 152 cm³/mol. The van der Waals surface area contributed by atoms with Gasteiger partial charge >= 0.3 is 0 Å². The van der Waals surface area contributed by atoms with Gasteiger partial charge in [0.05, 0.1) is 21.3 Å². The van der Waals surface area contributed by atoms with Gasteiger partial charge in [0.1, 0.15) is 18.2 Å². The minimum absolute atomic E-state index is 0.0351. The molecule has 3 aromatic rings. The highest BCUT2D eigenvalue weighted by molar-refractivity contribution is 6.35. The fourth-order valence-electron chi connectivity index (χ4n) is 4.39. The van der Waals surface area contributed by atoms with Crippen LogP contribution in [0.3, 0.4) is 0 Å². The van der Waals surface area contributed by atoms with Gasteiger partial charge in [-0.1, -0.05) is 23.2 Å². The van der Waals surface area contributed by atoms with Crippen molar-refractivity contribution >= 4 is 46.8 Å². The van der Waals surface area contributed by atoms with E-state index in [4.69, 9.17) is 39.1 Å². The molecule has 0 radical (unpaired) electrons. The standard InChI is InChI=1S/C25H24Cl2N6O2.C2H7N/c26-20-11-30-12-21(27)19(20)13-35-17-2-3-22(28)18(9-17)24(29)16-1-4-23(31-10-16)32-7-8-33(15-34)25(14-32)5-6-25;1-3-2/h1-4,9-12,15,29H,5-8,13-14,28H2;3H,1-2H3. The van der Waals surface area contributed by atoms with Crippen molar-refractivity contribution in [1.29, 1.82) is 5.41 Å². The zero-order valence-electron chi connectivity index (χ0n) is 21.4. The summed E-state index contributed by atoms with van der Waals surface area (Å²) >= 11 is 12.4. The molecule has 200 valence electrons. The third kappa shape index (κ3) is 6.01. The molecule has 5 rings (SSSR count). The molecule has 1 amide bonds. The Hall–Kier alpha value is -3.40. The van der Waals surface area contributed by atoms with Crippen LogP contribution in [0.5, 0.6) is 5.75 Å². The normalized spacial score (nSPS) is 15.5. The first kappa shape index (κ1) is 27.6. The largest absolute Gasteiger partial charge is 0.489 e. The second kappa shape index (κ2) is 12.0. The third-order valence-electron chi connectivity index (χ3n) is 6.65. The molecule has 0 bridgehead atoms. The third-order valence-corrected chi connectivity index (χ3v) is 7.30. The SMILES string of the molecule is CNC.N=C(c1ccc(N2CCN(C=O)C3(CC3)C2)nc1)c1cc(OCc2c(Cl)cncc2Cl)ccc1N. The molecule has 0 unspecified atom stereocenters. The van der Waals surface area contributed by atoms with Gasteiger partial charge in [-0.15, -0.1) is 0 Å². The highest BCUT2D eigenvalue weighted by atomic mass is 35.5. The van der Waals surface area contributed by atoms with Crippen molar-refractivity contribution in [2.24, 2.45) is 0 Å². The predicted octanol–water partition coefficient (Wildman–Crippen LogP) is 4.01. The zero-order chi connectivity index (χ0) is 27.3. The summed E-state index contributed by atoms with van der Waals surface area (Å²) in [4.78, 5) is 24.0. The molecule has 2 aromatic heterocycles. The smallest absolute Gasteiger partial charge is 0.210 e. The van der Waals surface area contributed by atoms with Gasteiger partial charge in [-0.3, -0.25) is 15.2 Å². The second-order valence-electron chi connectivity index (χ2n) is 9.34. The molecule has 3 heterocycles. The van der Waals surface area contributed by atoms with Crippen molar-refractivity contribution in [2.75, 3.05) is 44.4 Å². The Labute approximate surface area is 232 Å². The summed E-state index contributed by atoms with van der Waals surface area (Å²) in [6, 6.07) is 8.96. The Morgan fingerprint density at radius 2 is 1.87 bits per heavy atom. The van der Waals surface area contributed by atoms with Crippen molar-refractivity contribution in [3.8, 4) is 5.75 Å².